The highest BCUT2D eigenvalue weighted by atomic mass is 16.6. The van der Waals surface area contributed by atoms with Gasteiger partial charge in [-0.15, -0.1) is 0 Å². The molecule has 5 aromatic rings. The third-order valence-electron chi connectivity index (χ3n) is 6.82. The number of nitro benzene ring substituents is 1. The molecular weight excluding hydrogens is 470 g/mol. The third-order valence-corrected chi connectivity index (χ3v) is 6.82. The second-order valence-electron chi connectivity index (χ2n) is 9.34. The zero-order valence-electron chi connectivity index (χ0n) is 21.7. The zero-order valence-corrected chi connectivity index (χ0v) is 21.7. The molecular formula is C33H29N3O2. The summed E-state index contributed by atoms with van der Waals surface area (Å²) in [6.45, 7) is 4.20. The minimum absolute atomic E-state index is 0.0769. The van der Waals surface area contributed by atoms with Crippen molar-refractivity contribution in [3.05, 3.63) is 143 Å². The van der Waals surface area contributed by atoms with E-state index < -0.39 is 0 Å². The summed E-state index contributed by atoms with van der Waals surface area (Å²) in [5.74, 6) is 0. The molecule has 0 N–H and O–H groups in total. The maximum Gasteiger partial charge on any atom is 0.271 e. The van der Waals surface area contributed by atoms with Crippen LogP contribution in [0.25, 0.3) is 11.1 Å². The molecule has 5 nitrogen and oxygen atoms in total. The van der Waals surface area contributed by atoms with Crippen LogP contribution in [0.2, 0.25) is 0 Å². The van der Waals surface area contributed by atoms with Gasteiger partial charge in [0.1, 0.15) is 0 Å². The van der Waals surface area contributed by atoms with Gasteiger partial charge in [0.2, 0.25) is 0 Å². The molecule has 0 spiro atoms. The van der Waals surface area contributed by atoms with Crippen LogP contribution in [0.15, 0.2) is 121 Å². The first kappa shape index (κ1) is 24.8. The Balaban J connectivity index is 1.52. The molecule has 38 heavy (non-hydrogen) atoms. The molecule has 5 heteroatoms. The topological polar surface area (TPSA) is 49.6 Å². The van der Waals surface area contributed by atoms with Crippen molar-refractivity contribution >= 4 is 34.1 Å². The summed E-state index contributed by atoms with van der Waals surface area (Å²) >= 11 is 0. The van der Waals surface area contributed by atoms with Crippen LogP contribution in [0.3, 0.4) is 0 Å². The first-order valence-electron chi connectivity index (χ1n) is 12.5. The highest BCUT2D eigenvalue weighted by Gasteiger charge is 2.16. The van der Waals surface area contributed by atoms with Crippen molar-refractivity contribution < 1.29 is 4.92 Å². The van der Waals surface area contributed by atoms with Crippen LogP contribution < -0.4 is 9.80 Å². The van der Waals surface area contributed by atoms with Gasteiger partial charge >= 0.3 is 0 Å². The zero-order chi connectivity index (χ0) is 26.6. The van der Waals surface area contributed by atoms with E-state index >= 15 is 0 Å². The Hall–Kier alpha value is -4.90. The average molecular weight is 500 g/mol. The Morgan fingerprint density at radius 2 is 1.24 bits per heavy atom. The highest BCUT2D eigenvalue weighted by molar-refractivity contribution is 5.81. The Morgan fingerprint density at radius 1 is 0.605 bits per heavy atom. The Kier molecular flexibility index (Phi) is 6.92. The number of aryl methyl sites for hydroxylation is 2. The minimum Gasteiger partial charge on any atom is -0.344 e. The highest BCUT2D eigenvalue weighted by Crippen LogP contribution is 2.38. The van der Waals surface area contributed by atoms with Crippen LogP contribution in [-0.4, -0.2) is 12.0 Å². The molecule has 5 rings (SSSR count). The van der Waals surface area contributed by atoms with E-state index in [4.69, 9.17) is 0 Å². The van der Waals surface area contributed by atoms with Gasteiger partial charge in [0.15, 0.2) is 0 Å². The summed E-state index contributed by atoms with van der Waals surface area (Å²) in [4.78, 5) is 15.1. The van der Waals surface area contributed by atoms with Gasteiger partial charge in [-0.3, -0.25) is 10.1 Å². The van der Waals surface area contributed by atoms with Crippen LogP contribution in [0.4, 0.5) is 34.1 Å². The molecule has 0 aromatic heterocycles. The maximum absolute atomic E-state index is 11.3. The van der Waals surface area contributed by atoms with Gasteiger partial charge in [-0.2, -0.15) is 0 Å². The SMILES string of the molecule is Cc1ccccc1-c1ccc(N(c2ccccc2)c2ccc(N(C)c3cccc([N+](=O)[O-])c3)c(C)c2)cc1. The van der Waals surface area contributed by atoms with E-state index in [0.29, 0.717) is 0 Å². The predicted octanol–water partition coefficient (Wildman–Crippen LogP) is 9.12. The fourth-order valence-electron chi connectivity index (χ4n) is 4.82. The largest absolute Gasteiger partial charge is 0.344 e. The molecule has 0 amide bonds. The molecule has 0 bridgehead atoms. The number of hydrogen-bond donors (Lipinski definition) is 0. The molecule has 0 radical (unpaired) electrons. The van der Waals surface area contributed by atoms with Gasteiger partial charge < -0.3 is 9.80 Å². The predicted molar refractivity (Wildman–Crippen MR) is 157 cm³/mol. The van der Waals surface area contributed by atoms with Gasteiger partial charge in [-0.05, 0) is 84.6 Å². The van der Waals surface area contributed by atoms with Gasteiger partial charge in [0.25, 0.3) is 5.69 Å². The van der Waals surface area contributed by atoms with E-state index in [0.717, 1.165) is 34.0 Å². The van der Waals surface area contributed by atoms with Gasteiger partial charge in [-0.25, -0.2) is 0 Å². The van der Waals surface area contributed by atoms with E-state index in [1.54, 1.807) is 12.1 Å². The van der Waals surface area contributed by atoms with E-state index in [1.807, 2.05) is 36.2 Å². The van der Waals surface area contributed by atoms with Crippen molar-refractivity contribution in [2.75, 3.05) is 16.8 Å². The molecule has 0 aliphatic carbocycles. The monoisotopic (exact) mass is 499 g/mol. The van der Waals surface area contributed by atoms with Gasteiger partial charge in [-0.1, -0.05) is 60.7 Å². The van der Waals surface area contributed by atoms with Gasteiger partial charge in [0.05, 0.1) is 4.92 Å². The van der Waals surface area contributed by atoms with Crippen molar-refractivity contribution in [2.45, 2.75) is 13.8 Å². The van der Waals surface area contributed by atoms with E-state index in [1.165, 1.54) is 22.8 Å². The van der Waals surface area contributed by atoms with Crippen LogP contribution in [-0.2, 0) is 0 Å². The molecule has 0 saturated carbocycles. The van der Waals surface area contributed by atoms with Crippen molar-refractivity contribution in [3.63, 3.8) is 0 Å². The first-order chi connectivity index (χ1) is 18.4. The van der Waals surface area contributed by atoms with Crippen LogP contribution in [0, 0.1) is 24.0 Å². The van der Waals surface area contributed by atoms with Crippen molar-refractivity contribution in [3.8, 4) is 11.1 Å². The van der Waals surface area contributed by atoms with Crippen molar-refractivity contribution in [2.24, 2.45) is 0 Å². The molecule has 5 aromatic carbocycles. The molecule has 0 atom stereocenters. The van der Waals surface area contributed by atoms with Crippen LogP contribution in [0.5, 0.6) is 0 Å². The molecule has 0 aliphatic heterocycles. The molecule has 0 aliphatic rings. The summed E-state index contributed by atoms with van der Waals surface area (Å²) in [5, 5.41) is 11.3. The summed E-state index contributed by atoms with van der Waals surface area (Å²) in [6.07, 6.45) is 0. The Bertz CT molecular complexity index is 1580. The van der Waals surface area contributed by atoms with E-state index in [-0.39, 0.29) is 10.6 Å². The average Bonchev–Trinajstić information content (AvgIpc) is 2.94. The number of nitro groups is 1. The molecule has 0 unspecified atom stereocenters. The van der Waals surface area contributed by atoms with Crippen LogP contribution in [0.1, 0.15) is 11.1 Å². The lowest BCUT2D eigenvalue weighted by Crippen LogP contribution is -2.13. The fourth-order valence-corrected chi connectivity index (χ4v) is 4.82. The number of para-hydroxylation sites is 1. The Labute approximate surface area is 223 Å². The number of non-ortho nitro benzene ring substituents is 1. The number of nitrogens with zero attached hydrogens (tertiary/aromatic N) is 3. The van der Waals surface area contributed by atoms with Crippen molar-refractivity contribution in [1.29, 1.82) is 0 Å². The number of rotatable bonds is 7. The second-order valence-corrected chi connectivity index (χ2v) is 9.34. The molecule has 0 fully saturated rings. The molecule has 188 valence electrons. The standard InChI is InChI=1S/C33H29N3O2/c1-24-10-7-8-15-32(24)26-16-18-28(19-17-26)35(27-11-5-4-6-12-27)30-20-21-33(25(2)22-30)34(3)29-13-9-14-31(23-29)36(37)38/h4-23H,1-3H3. The van der Waals surface area contributed by atoms with Crippen LogP contribution >= 0.6 is 0 Å². The maximum atomic E-state index is 11.3. The Morgan fingerprint density at radius 3 is 1.92 bits per heavy atom. The summed E-state index contributed by atoms with van der Waals surface area (Å²) in [6, 6.07) is 40.4. The lowest BCUT2D eigenvalue weighted by atomic mass is 10.00. The smallest absolute Gasteiger partial charge is 0.271 e. The first-order valence-corrected chi connectivity index (χ1v) is 12.5. The number of benzene rings is 5. The summed E-state index contributed by atoms with van der Waals surface area (Å²) < 4.78 is 0. The minimum atomic E-state index is -0.366. The normalized spacial score (nSPS) is 10.7. The van der Waals surface area contributed by atoms with E-state index in [9.17, 15) is 10.1 Å². The van der Waals surface area contributed by atoms with E-state index in [2.05, 4.69) is 97.6 Å². The fraction of sp³-hybridized carbons (Fsp3) is 0.0909. The quantitative estimate of drug-likeness (QED) is 0.165. The third kappa shape index (κ3) is 5.00. The lowest BCUT2D eigenvalue weighted by molar-refractivity contribution is -0.384. The molecule has 0 heterocycles. The number of anilines is 5. The van der Waals surface area contributed by atoms with Gasteiger partial charge in [0, 0.05) is 47.6 Å². The summed E-state index contributed by atoms with van der Waals surface area (Å²) in [7, 11) is 1.93. The van der Waals surface area contributed by atoms with Crippen molar-refractivity contribution in [1.82, 2.24) is 0 Å². The molecule has 0 saturated heterocycles. The lowest BCUT2D eigenvalue weighted by Gasteiger charge is -2.28. The number of hydrogen-bond acceptors (Lipinski definition) is 4. The summed E-state index contributed by atoms with van der Waals surface area (Å²) in [5.41, 5.74) is 9.72. The second kappa shape index (κ2) is 10.6.